The number of anilines is 1. The number of nitrogens with zero attached hydrogens (tertiary/aromatic N) is 1. The van der Waals surface area contributed by atoms with E-state index in [0.29, 0.717) is 12.1 Å². The molecule has 0 radical (unpaired) electrons. The molecule has 1 aliphatic heterocycles. The third-order valence-corrected chi connectivity index (χ3v) is 4.23. The van der Waals surface area contributed by atoms with E-state index in [1.54, 1.807) is 0 Å². The van der Waals surface area contributed by atoms with Crippen LogP contribution in [0.2, 0.25) is 5.02 Å². The standard InChI is InChI=1S/C17H27ClN2O/c1-5-16-11-21-13(4)10-20(16)17-8-15(18)7-6-14(17)9-19-12(2)3/h6-8,12-13,16,19H,5,9-11H2,1-4H3. The fourth-order valence-corrected chi connectivity index (χ4v) is 2.91. The Kier molecular flexibility index (Phi) is 5.91. The smallest absolute Gasteiger partial charge is 0.0723 e. The maximum absolute atomic E-state index is 6.25. The lowest BCUT2D eigenvalue weighted by Crippen LogP contribution is -2.49. The van der Waals surface area contributed by atoms with E-state index in [1.807, 2.05) is 6.07 Å². The molecule has 0 saturated carbocycles. The van der Waals surface area contributed by atoms with Crippen molar-refractivity contribution >= 4 is 17.3 Å². The van der Waals surface area contributed by atoms with Gasteiger partial charge in [-0.1, -0.05) is 38.4 Å². The van der Waals surface area contributed by atoms with Gasteiger partial charge in [0, 0.05) is 29.8 Å². The van der Waals surface area contributed by atoms with Crippen molar-refractivity contribution in [3.05, 3.63) is 28.8 Å². The van der Waals surface area contributed by atoms with E-state index in [9.17, 15) is 0 Å². The molecule has 2 atom stereocenters. The van der Waals surface area contributed by atoms with Crippen molar-refractivity contribution in [2.45, 2.75) is 58.8 Å². The first kappa shape index (κ1) is 16.6. The summed E-state index contributed by atoms with van der Waals surface area (Å²) in [6.45, 7) is 11.3. The van der Waals surface area contributed by atoms with Crippen LogP contribution in [0.25, 0.3) is 0 Å². The highest BCUT2D eigenvalue weighted by atomic mass is 35.5. The summed E-state index contributed by atoms with van der Waals surface area (Å²) in [5.74, 6) is 0. The molecule has 21 heavy (non-hydrogen) atoms. The fraction of sp³-hybridized carbons (Fsp3) is 0.647. The Hall–Kier alpha value is -0.770. The van der Waals surface area contributed by atoms with Crippen LogP contribution in [0.5, 0.6) is 0 Å². The Balaban J connectivity index is 2.28. The van der Waals surface area contributed by atoms with E-state index in [2.05, 4.69) is 50.0 Å². The van der Waals surface area contributed by atoms with E-state index < -0.39 is 0 Å². The summed E-state index contributed by atoms with van der Waals surface area (Å²) in [5.41, 5.74) is 2.55. The lowest BCUT2D eigenvalue weighted by atomic mass is 10.1. The third kappa shape index (κ3) is 4.35. The van der Waals surface area contributed by atoms with Gasteiger partial charge < -0.3 is 15.0 Å². The maximum Gasteiger partial charge on any atom is 0.0723 e. The zero-order valence-electron chi connectivity index (χ0n) is 13.5. The molecule has 0 aromatic heterocycles. The van der Waals surface area contributed by atoms with Crippen LogP contribution in [-0.4, -0.2) is 31.3 Å². The van der Waals surface area contributed by atoms with Crippen molar-refractivity contribution in [3.63, 3.8) is 0 Å². The van der Waals surface area contributed by atoms with Gasteiger partial charge in [-0.05, 0) is 31.0 Å². The first-order chi connectivity index (χ1) is 10.0. The maximum atomic E-state index is 6.25. The minimum atomic E-state index is 0.262. The van der Waals surface area contributed by atoms with Gasteiger partial charge in [-0.25, -0.2) is 0 Å². The minimum absolute atomic E-state index is 0.262. The van der Waals surface area contributed by atoms with E-state index in [4.69, 9.17) is 16.3 Å². The highest BCUT2D eigenvalue weighted by Crippen LogP contribution is 2.30. The molecule has 118 valence electrons. The van der Waals surface area contributed by atoms with Gasteiger partial charge in [-0.2, -0.15) is 0 Å². The Morgan fingerprint density at radius 1 is 1.43 bits per heavy atom. The quantitative estimate of drug-likeness (QED) is 0.894. The van der Waals surface area contributed by atoms with Gasteiger partial charge in [0.15, 0.2) is 0 Å². The Bertz CT molecular complexity index is 464. The summed E-state index contributed by atoms with van der Waals surface area (Å²) in [6, 6.07) is 7.11. The third-order valence-electron chi connectivity index (χ3n) is 4.00. The summed E-state index contributed by atoms with van der Waals surface area (Å²) < 4.78 is 5.81. The van der Waals surface area contributed by atoms with Gasteiger partial charge in [-0.15, -0.1) is 0 Å². The van der Waals surface area contributed by atoms with Crippen molar-refractivity contribution in [1.82, 2.24) is 5.32 Å². The van der Waals surface area contributed by atoms with Gasteiger partial charge in [0.25, 0.3) is 0 Å². The second kappa shape index (κ2) is 7.48. The monoisotopic (exact) mass is 310 g/mol. The van der Waals surface area contributed by atoms with E-state index >= 15 is 0 Å². The normalized spacial score (nSPS) is 22.9. The second-order valence-corrected chi connectivity index (χ2v) is 6.60. The second-order valence-electron chi connectivity index (χ2n) is 6.17. The van der Waals surface area contributed by atoms with Crippen LogP contribution in [0, 0.1) is 0 Å². The summed E-state index contributed by atoms with van der Waals surface area (Å²) in [6.07, 6.45) is 1.34. The van der Waals surface area contributed by atoms with Gasteiger partial charge in [0.05, 0.1) is 18.8 Å². The van der Waals surface area contributed by atoms with Crippen LogP contribution >= 0.6 is 11.6 Å². The molecule has 1 aromatic carbocycles. The average molecular weight is 311 g/mol. The van der Waals surface area contributed by atoms with Crippen molar-refractivity contribution in [2.24, 2.45) is 0 Å². The van der Waals surface area contributed by atoms with Crippen LogP contribution < -0.4 is 10.2 Å². The van der Waals surface area contributed by atoms with Crippen LogP contribution in [0.15, 0.2) is 18.2 Å². The summed E-state index contributed by atoms with van der Waals surface area (Å²) in [7, 11) is 0. The number of hydrogen-bond donors (Lipinski definition) is 1. The summed E-state index contributed by atoms with van der Waals surface area (Å²) in [4.78, 5) is 2.47. The molecule has 0 bridgehead atoms. The van der Waals surface area contributed by atoms with Gasteiger partial charge >= 0.3 is 0 Å². The van der Waals surface area contributed by atoms with Crippen molar-refractivity contribution in [1.29, 1.82) is 0 Å². The molecule has 1 aromatic rings. The lowest BCUT2D eigenvalue weighted by Gasteiger charge is -2.41. The predicted molar refractivity (Wildman–Crippen MR) is 90.3 cm³/mol. The molecule has 4 heteroatoms. The molecular weight excluding hydrogens is 284 g/mol. The average Bonchev–Trinajstić information content (AvgIpc) is 2.45. The topological polar surface area (TPSA) is 24.5 Å². The zero-order valence-corrected chi connectivity index (χ0v) is 14.3. The lowest BCUT2D eigenvalue weighted by molar-refractivity contribution is 0.0299. The molecule has 2 unspecified atom stereocenters. The molecule has 0 amide bonds. The predicted octanol–water partition coefficient (Wildman–Crippen LogP) is 3.84. The number of benzene rings is 1. The van der Waals surface area contributed by atoms with E-state index in [-0.39, 0.29) is 6.10 Å². The Morgan fingerprint density at radius 3 is 2.86 bits per heavy atom. The Morgan fingerprint density at radius 2 is 2.19 bits per heavy atom. The largest absolute Gasteiger partial charge is 0.375 e. The number of nitrogens with one attached hydrogen (secondary N) is 1. The zero-order chi connectivity index (χ0) is 15.4. The van der Waals surface area contributed by atoms with Gasteiger partial charge in [0.1, 0.15) is 0 Å². The van der Waals surface area contributed by atoms with E-state index in [1.165, 1.54) is 11.3 Å². The highest BCUT2D eigenvalue weighted by molar-refractivity contribution is 6.30. The van der Waals surface area contributed by atoms with Crippen molar-refractivity contribution < 1.29 is 4.74 Å². The van der Waals surface area contributed by atoms with Gasteiger partial charge in [-0.3, -0.25) is 0 Å². The summed E-state index contributed by atoms with van der Waals surface area (Å²) in [5, 5.41) is 4.30. The molecule has 1 heterocycles. The number of hydrogen-bond acceptors (Lipinski definition) is 3. The molecule has 1 N–H and O–H groups in total. The van der Waals surface area contributed by atoms with Crippen LogP contribution in [0.1, 0.15) is 39.7 Å². The molecule has 3 nitrogen and oxygen atoms in total. The Labute approximate surface area is 133 Å². The summed E-state index contributed by atoms with van der Waals surface area (Å²) >= 11 is 6.25. The SMILES string of the molecule is CCC1COC(C)CN1c1cc(Cl)ccc1CNC(C)C. The number of ether oxygens (including phenoxy) is 1. The fourth-order valence-electron chi connectivity index (χ4n) is 2.75. The number of rotatable bonds is 5. The molecule has 0 spiro atoms. The first-order valence-electron chi connectivity index (χ1n) is 7.91. The molecular formula is C17H27ClN2O. The van der Waals surface area contributed by atoms with E-state index in [0.717, 1.165) is 31.1 Å². The van der Waals surface area contributed by atoms with Crippen LogP contribution in [0.3, 0.4) is 0 Å². The molecule has 1 saturated heterocycles. The van der Waals surface area contributed by atoms with Crippen LogP contribution in [-0.2, 0) is 11.3 Å². The van der Waals surface area contributed by atoms with Gasteiger partial charge in [0.2, 0.25) is 0 Å². The molecule has 1 fully saturated rings. The first-order valence-corrected chi connectivity index (χ1v) is 8.29. The van der Waals surface area contributed by atoms with Crippen LogP contribution in [0.4, 0.5) is 5.69 Å². The number of morpholine rings is 1. The van der Waals surface area contributed by atoms with Crippen molar-refractivity contribution in [2.75, 3.05) is 18.1 Å². The number of halogens is 1. The minimum Gasteiger partial charge on any atom is -0.375 e. The molecule has 1 aliphatic rings. The van der Waals surface area contributed by atoms with Crippen molar-refractivity contribution in [3.8, 4) is 0 Å². The molecule has 2 rings (SSSR count). The highest BCUT2D eigenvalue weighted by Gasteiger charge is 2.27. The molecule has 0 aliphatic carbocycles.